The van der Waals surface area contributed by atoms with Crippen LogP contribution in [0, 0.1) is 0 Å². The molecule has 0 aromatic heterocycles. The fraction of sp³-hybridized carbons (Fsp3) is 1.00. The topological polar surface area (TPSA) is 36.9 Å². The molecule has 0 aliphatic heterocycles. The van der Waals surface area contributed by atoms with Gasteiger partial charge in [-0.15, -0.1) is 0 Å². The molecular formula is C22H50O4S2Si2. The van der Waals surface area contributed by atoms with Gasteiger partial charge in [-0.2, -0.15) is 0 Å². The molecule has 0 saturated heterocycles. The van der Waals surface area contributed by atoms with Crippen molar-refractivity contribution in [3.8, 4) is 0 Å². The van der Waals surface area contributed by atoms with Crippen LogP contribution in [0.1, 0.15) is 92.9 Å². The lowest BCUT2D eigenvalue weighted by molar-refractivity contribution is -0.120. The van der Waals surface area contributed by atoms with Crippen LogP contribution in [0.15, 0.2) is 0 Å². The lowest BCUT2D eigenvalue weighted by Crippen LogP contribution is -2.43. The third-order valence-corrected chi connectivity index (χ3v) is 14.5. The highest BCUT2D eigenvalue weighted by molar-refractivity contribution is 8.78. The number of rotatable bonds is 23. The van der Waals surface area contributed by atoms with Gasteiger partial charge in [-0.3, -0.25) is 0 Å². The second-order valence-corrected chi connectivity index (χ2v) is 15.7. The highest BCUT2D eigenvalue weighted by atomic mass is 33.1. The predicted molar refractivity (Wildman–Crippen MR) is 142 cm³/mol. The van der Waals surface area contributed by atoms with E-state index in [-0.39, 0.29) is 0 Å². The van der Waals surface area contributed by atoms with Crippen LogP contribution in [0.5, 0.6) is 0 Å². The smallest absolute Gasteiger partial charge is 0.200 e. The fourth-order valence-electron chi connectivity index (χ4n) is 2.89. The Bertz CT molecular complexity index is 329. The average Bonchev–Trinajstić information content (AvgIpc) is 2.77. The van der Waals surface area contributed by atoms with Gasteiger partial charge in [-0.1, -0.05) is 79.3 Å². The van der Waals surface area contributed by atoms with E-state index in [0.717, 1.165) is 52.1 Å². The molecule has 0 amide bonds. The molecule has 0 unspecified atom stereocenters. The Morgan fingerprint density at radius 1 is 0.500 bits per heavy atom. The maximum Gasteiger partial charge on any atom is 0.200 e. The number of hydrogen-bond donors (Lipinski definition) is 0. The zero-order valence-corrected chi connectivity index (χ0v) is 25.2. The van der Waals surface area contributed by atoms with E-state index in [1.165, 1.54) is 37.8 Å². The van der Waals surface area contributed by atoms with Crippen molar-refractivity contribution in [2.45, 2.75) is 114 Å². The van der Waals surface area contributed by atoms with E-state index < -0.39 is 28.5 Å². The average molecular weight is 499 g/mol. The third-order valence-electron chi connectivity index (χ3n) is 4.57. The van der Waals surface area contributed by atoms with E-state index >= 15 is 0 Å². The first kappa shape index (κ1) is 31.0. The SMILES string of the molecule is CCCC[SiH2]C(OCCC)(OCCC)SSC(OCCC)(OCCC)[SiH2]CCCC. The van der Waals surface area contributed by atoms with Gasteiger partial charge >= 0.3 is 0 Å². The maximum absolute atomic E-state index is 6.44. The third kappa shape index (κ3) is 14.2. The van der Waals surface area contributed by atoms with Crippen LogP contribution in [-0.4, -0.2) is 55.0 Å². The first-order chi connectivity index (χ1) is 14.6. The summed E-state index contributed by atoms with van der Waals surface area (Å²) in [7, 11) is 2.44. The minimum atomic E-state index is -0.562. The first-order valence-electron chi connectivity index (χ1n) is 12.5. The molecule has 0 aromatic rings. The van der Waals surface area contributed by atoms with E-state index in [2.05, 4.69) is 41.5 Å². The highest BCUT2D eigenvalue weighted by Gasteiger charge is 2.40. The molecule has 0 saturated carbocycles. The Labute approximate surface area is 200 Å². The largest absolute Gasteiger partial charge is 0.345 e. The molecule has 0 rings (SSSR count). The molecule has 0 radical (unpaired) electrons. The zero-order chi connectivity index (χ0) is 22.6. The molecule has 0 heterocycles. The van der Waals surface area contributed by atoms with E-state index in [9.17, 15) is 0 Å². The van der Waals surface area contributed by atoms with Crippen molar-refractivity contribution >= 4 is 40.6 Å². The summed E-state index contributed by atoms with van der Waals surface area (Å²) in [6, 6.07) is 2.51. The second kappa shape index (κ2) is 20.6. The van der Waals surface area contributed by atoms with Crippen LogP contribution in [0.4, 0.5) is 0 Å². The van der Waals surface area contributed by atoms with Crippen molar-refractivity contribution < 1.29 is 18.9 Å². The maximum atomic E-state index is 6.44. The Kier molecular flexibility index (Phi) is 21.2. The van der Waals surface area contributed by atoms with Crippen molar-refractivity contribution in [1.82, 2.24) is 0 Å². The minimum absolute atomic E-state index is 0.471. The fourth-order valence-corrected chi connectivity index (χ4v) is 12.6. The number of unbranched alkanes of at least 4 members (excludes halogenated alkanes) is 2. The molecule has 8 heteroatoms. The molecular weight excluding hydrogens is 449 g/mol. The number of ether oxygens (including phenoxy) is 4. The predicted octanol–water partition coefficient (Wildman–Crippen LogP) is 6.07. The Morgan fingerprint density at radius 3 is 1.03 bits per heavy atom. The van der Waals surface area contributed by atoms with Gasteiger partial charge in [0.25, 0.3) is 0 Å². The summed E-state index contributed by atoms with van der Waals surface area (Å²) in [5, 5.41) is 0. The van der Waals surface area contributed by atoms with Crippen LogP contribution < -0.4 is 0 Å². The zero-order valence-electron chi connectivity index (χ0n) is 20.8. The van der Waals surface area contributed by atoms with E-state index in [0.29, 0.717) is 0 Å². The van der Waals surface area contributed by atoms with Gasteiger partial charge < -0.3 is 18.9 Å². The monoisotopic (exact) mass is 498 g/mol. The van der Waals surface area contributed by atoms with Crippen LogP contribution >= 0.6 is 21.6 Å². The Hall–Kier alpha value is 0.974. The molecule has 0 bridgehead atoms. The molecule has 0 aromatic carbocycles. The van der Waals surface area contributed by atoms with Crippen molar-refractivity contribution in [1.29, 1.82) is 0 Å². The standard InChI is InChI=1S/C22H50O4S2Si2/c1-7-13-19-29-21(23-15-9-3,24-16-10-4)27-28-22(25-17-11-5,26-18-12-6)30-20-14-8-2/h7-20,29-30H2,1-6H3. The summed E-state index contributed by atoms with van der Waals surface area (Å²) < 4.78 is 24.8. The van der Waals surface area contributed by atoms with Crippen LogP contribution in [0.2, 0.25) is 12.1 Å². The van der Waals surface area contributed by atoms with Crippen molar-refractivity contribution in [2.75, 3.05) is 26.4 Å². The summed E-state index contributed by atoms with van der Waals surface area (Å²) in [6.45, 7) is 16.2. The molecule has 4 nitrogen and oxygen atoms in total. The van der Waals surface area contributed by atoms with Crippen molar-refractivity contribution in [3.05, 3.63) is 0 Å². The molecule has 30 heavy (non-hydrogen) atoms. The van der Waals surface area contributed by atoms with Crippen LogP contribution in [0.25, 0.3) is 0 Å². The first-order valence-corrected chi connectivity index (χ1v) is 18.1. The molecule has 182 valence electrons. The van der Waals surface area contributed by atoms with Gasteiger partial charge in [-0.05, 0) is 47.3 Å². The second-order valence-electron chi connectivity index (χ2n) is 7.84. The summed E-state index contributed by atoms with van der Waals surface area (Å²) >= 11 is 0. The quantitative estimate of drug-likeness (QED) is 0.0736. The molecule has 0 N–H and O–H groups in total. The van der Waals surface area contributed by atoms with E-state index in [1.54, 1.807) is 21.6 Å². The van der Waals surface area contributed by atoms with Gasteiger partial charge in [0.1, 0.15) is 19.0 Å². The normalized spacial score (nSPS) is 13.4. The summed E-state index contributed by atoms with van der Waals surface area (Å²) in [5.74, 6) is 0. The lowest BCUT2D eigenvalue weighted by Gasteiger charge is -2.38. The molecule has 0 aliphatic rings. The van der Waals surface area contributed by atoms with Crippen LogP contribution in [-0.2, 0) is 18.9 Å². The van der Waals surface area contributed by atoms with Gasteiger partial charge in [-0.25, -0.2) is 0 Å². The van der Waals surface area contributed by atoms with E-state index in [1.807, 2.05) is 0 Å². The van der Waals surface area contributed by atoms with Gasteiger partial charge in [0.15, 0.2) is 9.48 Å². The molecule has 0 atom stereocenters. The molecule has 0 spiro atoms. The van der Waals surface area contributed by atoms with Gasteiger partial charge in [0, 0.05) is 0 Å². The summed E-state index contributed by atoms with van der Waals surface area (Å²) in [6.07, 6.45) is 9.04. The lowest BCUT2D eigenvalue weighted by atomic mass is 10.4. The Balaban J connectivity index is 5.49. The molecule has 0 aliphatic carbocycles. The van der Waals surface area contributed by atoms with Crippen LogP contribution in [0.3, 0.4) is 0 Å². The van der Waals surface area contributed by atoms with Crippen molar-refractivity contribution in [2.24, 2.45) is 0 Å². The van der Waals surface area contributed by atoms with E-state index in [4.69, 9.17) is 18.9 Å². The number of hydrogen-bond acceptors (Lipinski definition) is 6. The van der Waals surface area contributed by atoms with Gasteiger partial charge in [0.05, 0.1) is 26.4 Å². The summed E-state index contributed by atoms with van der Waals surface area (Å²) in [4.78, 5) is 0. The molecule has 0 fully saturated rings. The summed E-state index contributed by atoms with van der Waals surface area (Å²) in [5.41, 5.74) is 0. The Morgan fingerprint density at radius 2 is 0.800 bits per heavy atom. The highest BCUT2D eigenvalue weighted by Crippen LogP contribution is 2.47. The van der Waals surface area contributed by atoms with Gasteiger partial charge in [0.2, 0.25) is 0 Å². The minimum Gasteiger partial charge on any atom is -0.345 e. The van der Waals surface area contributed by atoms with Crippen molar-refractivity contribution in [3.63, 3.8) is 0 Å².